The van der Waals surface area contributed by atoms with Crippen molar-refractivity contribution in [3.05, 3.63) is 0 Å². The first-order chi connectivity index (χ1) is 8.63. The zero-order valence-electron chi connectivity index (χ0n) is 10.5. The number of rotatable bonds is 6. The SMILES string of the molecule is COC(=O)C(CC(=O)C1CCOC1)C(=O)C1CC1. The van der Waals surface area contributed by atoms with Gasteiger partial charge in [-0.3, -0.25) is 14.4 Å². The zero-order chi connectivity index (χ0) is 13.1. The summed E-state index contributed by atoms with van der Waals surface area (Å²) in [6, 6.07) is 0. The van der Waals surface area contributed by atoms with E-state index in [0.29, 0.717) is 19.6 Å². The second-order valence-electron chi connectivity index (χ2n) is 4.98. The number of methoxy groups -OCH3 is 1. The third-order valence-electron chi connectivity index (χ3n) is 3.60. The third kappa shape index (κ3) is 2.96. The number of ether oxygens (including phenoxy) is 2. The Balaban J connectivity index is 1.97. The van der Waals surface area contributed by atoms with Crippen molar-refractivity contribution in [1.29, 1.82) is 0 Å². The predicted molar refractivity (Wildman–Crippen MR) is 61.8 cm³/mol. The van der Waals surface area contributed by atoms with Crippen molar-refractivity contribution in [2.75, 3.05) is 20.3 Å². The molecule has 1 saturated heterocycles. The highest BCUT2D eigenvalue weighted by Crippen LogP contribution is 2.34. The van der Waals surface area contributed by atoms with Gasteiger partial charge in [0.2, 0.25) is 0 Å². The van der Waals surface area contributed by atoms with Crippen LogP contribution in [-0.2, 0) is 23.9 Å². The Morgan fingerprint density at radius 1 is 1.22 bits per heavy atom. The molecule has 0 aromatic heterocycles. The van der Waals surface area contributed by atoms with Crippen LogP contribution in [0.1, 0.15) is 25.7 Å². The summed E-state index contributed by atoms with van der Waals surface area (Å²) in [4.78, 5) is 35.6. The molecule has 5 nitrogen and oxygen atoms in total. The van der Waals surface area contributed by atoms with E-state index in [4.69, 9.17) is 4.74 Å². The molecule has 5 heteroatoms. The van der Waals surface area contributed by atoms with Gasteiger partial charge in [0.15, 0.2) is 5.78 Å². The minimum Gasteiger partial charge on any atom is -0.468 e. The number of ketones is 2. The van der Waals surface area contributed by atoms with Crippen LogP contribution in [0.4, 0.5) is 0 Å². The van der Waals surface area contributed by atoms with E-state index in [-0.39, 0.29) is 29.8 Å². The van der Waals surface area contributed by atoms with Crippen molar-refractivity contribution in [3.8, 4) is 0 Å². The van der Waals surface area contributed by atoms with Crippen LogP contribution in [0, 0.1) is 17.8 Å². The lowest BCUT2D eigenvalue weighted by Crippen LogP contribution is -2.31. The molecule has 1 aliphatic heterocycles. The van der Waals surface area contributed by atoms with Crippen LogP contribution in [0.25, 0.3) is 0 Å². The van der Waals surface area contributed by atoms with Crippen molar-refractivity contribution in [2.45, 2.75) is 25.7 Å². The Labute approximate surface area is 106 Å². The number of hydrogen-bond acceptors (Lipinski definition) is 5. The molecule has 0 spiro atoms. The van der Waals surface area contributed by atoms with Gasteiger partial charge in [0.05, 0.1) is 13.7 Å². The van der Waals surface area contributed by atoms with Gasteiger partial charge >= 0.3 is 5.97 Å². The Kier molecular flexibility index (Phi) is 4.11. The second-order valence-corrected chi connectivity index (χ2v) is 4.98. The molecule has 0 aromatic carbocycles. The van der Waals surface area contributed by atoms with Gasteiger partial charge < -0.3 is 9.47 Å². The fourth-order valence-electron chi connectivity index (χ4n) is 2.25. The molecular weight excluding hydrogens is 236 g/mol. The zero-order valence-corrected chi connectivity index (χ0v) is 10.5. The first-order valence-electron chi connectivity index (χ1n) is 6.35. The summed E-state index contributed by atoms with van der Waals surface area (Å²) < 4.78 is 9.78. The lowest BCUT2D eigenvalue weighted by Gasteiger charge is -2.14. The van der Waals surface area contributed by atoms with Crippen molar-refractivity contribution >= 4 is 17.5 Å². The molecule has 1 heterocycles. The normalized spacial score (nSPS) is 24.6. The van der Waals surface area contributed by atoms with Gasteiger partial charge in [-0.2, -0.15) is 0 Å². The summed E-state index contributed by atoms with van der Waals surface area (Å²) in [7, 11) is 1.25. The molecule has 0 aromatic rings. The molecule has 100 valence electrons. The van der Waals surface area contributed by atoms with E-state index in [1.807, 2.05) is 0 Å². The minimum absolute atomic E-state index is 0.0317. The second kappa shape index (κ2) is 5.61. The highest BCUT2D eigenvalue weighted by atomic mass is 16.5. The van der Waals surface area contributed by atoms with Crippen molar-refractivity contribution < 1.29 is 23.9 Å². The average Bonchev–Trinajstić information content (AvgIpc) is 3.08. The van der Waals surface area contributed by atoms with Gasteiger partial charge in [-0.15, -0.1) is 0 Å². The lowest BCUT2D eigenvalue weighted by atomic mass is 9.89. The molecule has 2 rings (SSSR count). The molecule has 2 unspecified atom stereocenters. The first-order valence-corrected chi connectivity index (χ1v) is 6.35. The molecule has 2 fully saturated rings. The van der Waals surface area contributed by atoms with E-state index in [1.165, 1.54) is 7.11 Å². The summed E-state index contributed by atoms with van der Waals surface area (Å²) >= 11 is 0. The lowest BCUT2D eigenvalue weighted by molar-refractivity contribution is -0.152. The van der Waals surface area contributed by atoms with Crippen molar-refractivity contribution in [1.82, 2.24) is 0 Å². The van der Waals surface area contributed by atoms with E-state index < -0.39 is 11.9 Å². The molecule has 18 heavy (non-hydrogen) atoms. The number of esters is 1. The van der Waals surface area contributed by atoms with Crippen LogP contribution in [0.3, 0.4) is 0 Å². The van der Waals surface area contributed by atoms with Crippen molar-refractivity contribution in [3.63, 3.8) is 0 Å². The first kappa shape index (κ1) is 13.2. The number of carbonyl (C=O) groups is 3. The standard InChI is InChI=1S/C13H18O5/c1-17-13(16)10(12(15)8-2-3-8)6-11(14)9-4-5-18-7-9/h8-10H,2-7H2,1H3. The van der Waals surface area contributed by atoms with Crippen LogP contribution in [0.5, 0.6) is 0 Å². The van der Waals surface area contributed by atoms with Gasteiger partial charge in [-0.25, -0.2) is 0 Å². The quantitative estimate of drug-likeness (QED) is 0.517. The predicted octanol–water partition coefficient (Wildman–Crippen LogP) is 0.750. The molecule has 0 bridgehead atoms. The highest BCUT2D eigenvalue weighted by molar-refractivity contribution is 6.04. The van der Waals surface area contributed by atoms with Gasteiger partial charge in [-0.05, 0) is 19.3 Å². The fourth-order valence-corrected chi connectivity index (χ4v) is 2.25. The molecule has 1 aliphatic carbocycles. The Morgan fingerprint density at radius 2 is 1.94 bits per heavy atom. The number of carbonyl (C=O) groups excluding carboxylic acids is 3. The van der Waals surface area contributed by atoms with Gasteiger partial charge in [0, 0.05) is 24.9 Å². The molecule has 0 radical (unpaired) electrons. The largest absolute Gasteiger partial charge is 0.468 e. The molecule has 0 amide bonds. The van der Waals surface area contributed by atoms with Crippen molar-refractivity contribution in [2.24, 2.45) is 17.8 Å². The maximum absolute atomic E-state index is 12.0. The van der Waals surface area contributed by atoms with Gasteiger partial charge in [0.1, 0.15) is 11.7 Å². The van der Waals surface area contributed by atoms with E-state index in [0.717, 1.165) is 12.8 Å². The van der Waals surface area contributed by atoms with Gasteiger partial charge in [0.25, 0.3) is 0 Å². The molecule has 2 aliphatic rings. The van der Waals surface area contributed by atoms with E-state index in [1.54, 1.807) is 0 Å². The number of hydrogen-bond donors (Lipinski definition) is 0. The highest BCUT2D eigenvalue weighted by Gasteiger charge is 2.41. The minimum atomic E-state index is -0.907. The molecule has 0 N–H and O–H groups in total. The summed E-state index contributed by atoms with van der Waals surface area (Å²) in [5, 5.41) is 0. The van der Waals surface area contributed by atoms with Gasteiger partial charge in [-0.1, -0.05) is 0 Å². The summed E-state index contributed by atoms with van der Waals surface area (Å²) in [6.45, 7) is 0.986. The topological polar surface area (TPSA) is 69.7 Å². The summed E-state index contributed by atoms with van der Waals surface area (Å²) in [5.74, 6) is -1.88. The monoisotopic (exact) mass is 254 g/mol. The molecule has 2 atom stereocenters. The van der Waals surface area contributed by atoms with Crippen LogP contribution in [0.15, 0.2) is 0 Å². The Morgan fingerprint density at radius 3 is 2.44 bits per heavy atom. The number of Topliss-reactive ketones (excluding diaryl/α,β-unsaturated/α-hetero) is 2. The Hall–Kier alpha value is -1.23. The van der Waals surface area contributed by atoms with Crippen LogP contribution in [-0.4, -0.2) is 37.9 Å². The van der Waals surface area contributed by atoms with Crippen LogP contribution in [0.2, 0.25) is 0 Å². The van der Waals surface area contributed by atoms with Crippen LogP contribution < -0.4 is 0 Å². The third-order valence-corrected chi connectivity index (χ3v) is 3.60. The smallest absolute Gasteiger partial charge is 0.316 e. The molecular formula is C13H18O5. The maximum Gasteiger partial charge on any atom is 0.316 e. The fraction of sp³-hybridized carbons (Fsp3) is 0.769. The van der Waals surface area contributed by atoms with Crippen LogP contribution >= 0.6 is 0 Å². The van der Waals surface area contributed by atoms with E-state index in [9.17, 15) is 14.4 Å². The summed E-state index contributed by atoms with van der Waals surface area (Å²) in [6.07, 6.45) is 2.31. The Bertz CT molecular complexity index is 352. The maximum atomic E-state index is 12.0. The van der Waals surface area contributed by atoms with E-state index in [2.05, 4.69) is 4.74 Å². The average molecular weight is 254 g/mol. The van der Waals surface area contributed by atoms with E-state index >= 15 is 0 Å². The summed E-state index contributed by atoms with van der Waals surface area (Å²) in [5.41, 5.74) is 0. The molecule has 1 saturated carbocycles.